The molecule has 45 heavy (non-hydrogen) atoms. The van der Waals surface area contributed by atoms with Crippen LogP contribution in [0.5, 0.6) is 5.88 Å². The lowest BCUT2D eigenvalue weighted by molar-refractivity contribution is -0.00771. The van der Waals surface area contributed by atoms with E-state index in [4.69, 9.17) is 19.3 Å². The first kappa shape index (κ1) is 31.2. The van der Waals surface area contributed by atoms with Gasteiger partial charge in [-0.15, -0.1) is 10.2 Å². The maximum atomic E-state index is 12.8. The van der Waals surface area contributed by atoms with Crippen LogP contribution >= 0.6 is 0 Å². The number of fused-ring (bicyclic) bond motifs is 3. The zero-order valence-corrected chi connectivity index (χ0v) is 28.4. The van der Waals surface area contributed by atoms with Gasteiger partial charge in [0.25, 0.3) is 0 Å². The average Bonchev–Trinajstić information content (AvgIpc) is 3.66. The SMILES string of the molecule is Cn1ncc(-c2ccc(-c3ccc(OC4CC5CCC(C4)N5C(=O)OC(C)(C)C)nn3)c3c2cnn3COCC[Si](C)(C)C)n1. The number of benzene rings is 1. The molecule has 2 aliphatic rings. The van der Waals surface area contributed by atoms with Crippen molar-refractivity contribution in [3.8, 4) is 28.4 Å². The fraction of sp³-hybridized carbons (Fsp3) is 0.562. The number of aromatic nitrogens is 7. The number of amides is 1. The molecule has 0 saturated carbocycles. The molecule has 2 saturated heterocycles. The van der Waals surface area contributed by atoms with Crippen LogP contribution in [0.2, 0.25) is 25.7 Å². The molecule has 2 atom stereocenters. The van der Waals surface area contributed by atoms with E-state index in [1.807, 2.05) is 60.8 Å². The van der Waals surface area contributed by atoms with Gasteiger partial charge in [-0.2, -0.15) is 20.1 Å². The molecule has 2 aliphatic heterocycles. The Morgan fingerprint density at radius 3 is 2.31 bits per heavy atom. The van der Waals surface area contributed by atoms with Crippen molar-refractivity contribution >= 4 is 25.1 Å². The minimum Gasteiger partial charge on any atom is -0.473 e. The topological polar surface area (TPSA) is 122 Å². The van der Waals surface area contributed by atoms with Gasteiger partial charge in [-0.05, 0) is 51.8 Å². The van der Waals surface area contributed by atoms with E-state index in [0.29, 0.717) is 24.9 Å². The van der Waals surface area contributed by atoms with E-state index >= 15 is 0 Å². The van der Waals surface area contributed by atoms with Crippen LogP contribution in [0.25, 0.3) is 33.4 Å². The van der Waals surface area contributed by atoms with Gasteiger partial charge in [-0.1, -0.05) is 25.7 Å². The third-order valence-corrected chi connectivity index (χ3v) is 10.1. The molecule has 13 heteroatoms. The van der Waals surface area contributed by atoms with E-state index < -0.39 is 13.7 Å². The number of piperidine rings is 1. The Hall–Kier alpha value is -3.84. The van der Waals surface area contributed by atoms with Gasteiger partial charge >= 0.3 is 6.09 Å². The van der Waals surface area contributed by atoms with Crippen LogP contribution in [-0.2, 0) is 23.3 Å². The Kier molecular flexibility index (Phi) is 8.42. The van der Waals surface area contributed by atoms with E-state index in [0.717, 1.165) is 59.5 Å². The van der Waals surface area contributed by atoms with Crippen LogP contribution in [0, 0.1) is 0 Å². The molecule has 3 aromatic heterocycles. The predicted molar refractivity (Wildman–Crippen MR) is 173 cm³/mol. The fourth-order valence-electron chi connectivity index (χ4n) is 6.26. The first-order chi connectivity index (χ1) is 21.3. The van der Waals surface area contributed by atoms with Crippen molar-refractivity contribution in [2.75, 3.05) is 6.61 Å². The second-order valence-corrected chi connectivity index (χ2v) is 20.0. The molecular weight excluding hydrogens is 588 g/mol. The molecule has 2 unspecified atom stereocenters. The van der Waals surface area contributed by atoms with Crippen LogP contribution in [-0.4, -0.2) is 84.4 Å². The highest BCUT2D eigenvalue weighted by Gasteiger charge is 2.45. The standard InChI is InChI=1S/C32H44N8O4Si/c1-32(2,3)44-31(41)40-21-8-9-22(40)17-23(16-21)43-29-13-12-27(35-36-29)25-11-10-24(28-19-33-38(4)37-28)26-18-34-39(30(25)26)20-42-14-15-45(5,6)7/h10-13,18-19,21-23H,8-9,14-17,20H2,1-7H3. The summed E-state index contributed by atoms with van der Waals surface area (Å²) in [5.74, 6) is 0.476. The summed E-state index contributed by atoms with van der Waals surface area (Å²) >= 11 is 0. The quantitative estimate of drug-likeness (QED) is 0.164. The summed E-state index contributed by atoms with van der Waals surface area (Å²) in [6, 6.07) is 9.18. The summed E-state index contributed by atoms with van der Waals surface area (Å²) in [6.45, 7) is 13.8. The van der Waals surface area contributed by atoms with E-state index in [1.165, 1.54) is 0 Å². The molecule has 0 N–H and O–H groups in total. The molecule has 0 spiro atoms. The second kappa shape index (κ2) is 12.2. The van der Waals surface area contributed by atoms with Crippen LogP contribution in [0.15, 0.2) is 36.7 Å². The first-order valence-corrected chi connectivity index (χ1v) is 19.5. The van der Waals surface area contributed by atoms with Gasteiger partial charge in [-0.3, -0.25) is 0 Å². The van der Waals surface area contributed by atoms with Crippen molar-refractivity contribution in [2.45, 2.75) is 103 Å². The molecule has 240 valence electrons. The highest BCUT2D eigenvalue weighted by atomic mass is 28.3. The van der Waals surface area contributed by atoms with Crippen LogP contribution in [0.4, 0.5) is 4.79 Å². The van der Waals surface area contributed by atoms with Crippen molar-refractivity contribution in [3.63, 3.8) is 0 Å². The summed E-state index contributed by atoms with van der Waals surface area (Å²) in [5, 5.41) is 23.5. The summed E-state index contributed by atoms with van der Waals surface area (Å²) in [6.07, 6.45) is 6.78. The molecule has 0 aliphatic carbocycles. The molecule has 2 fully saturated rings. The number of aryl methyl sites for hydroxylation is 1. The molecule has 4 aromatic rings. The molecule has 0 radical (unpaired) electrons. The Morgan fingerprint density at radius 1 is 0.956 bits per heavy atom. The number of rotatable bonds is 9. The monoisotopic (exact) mass is 632 g/mol. The normalized spacial score (nSPS) is 20.2. The molecule has 2 bridgehead atoms. The maximum absolute atomic E-state index is 12.8. The van der Waals surface area contributed by atoms with Gasteiger partial charge in [0.1, 0.15) is 24.1 Å². The van der Waals surface area contributed by atoms with E-state index in [9.17, 15) is 4.79 Å². The van der Waals surface area contributed by atoms with Crippen LogP contribution in [0.3, 0.4) is 0 Å². The highest BCUT2D eigenvalue weighted by molar-refractivity contribution is 6.76. The highest BCUT2D eigenvalue weighted by Crippen LogP contribution is 2.39. The van der Waals surface area contributed by atoms with Gasteiger partial charge in [0.05, 0.1) is 23.6 Å². The third kappa shape index (κ3) is 7.04. The second-order valence-electron chi connectivity index (χ2n) is 14.4. The van der Waals surface area contributed by atoms with E-state index in [1.54, 1.807) is 18.0 Å². The van der Waals surface area contributed by atoms with Crippen molar-refractivity contribution in [3.05, 3.63) is 36.7 Å². The number of hydrogen-bond donors (Lipinski definition) is 0. The molecule has 5 heterocycles. The van der Waals surface area contributed by atoms with Crippen molar-refractivity contribution in [1.29, 1.82) is 0 Å². The Balaban J connectivity index is 1.20. The summed E-state index contributed by atoms with van der Waals surface area (Å²) in [4.78, 5) is 16.3. The average molecular weight is 633 g/mol. The van der Waals surface area contributed by atoms with Gasteiger partial charge in [0.15, 0.2) is 0 Å². The molecular formula is C32H44N8O4Si. The lowest BCUT2D eigenvalue weighted by Gasteiger charge is -2.39. The van der Waals surface area contributed by atoms with Crippen molar-refractivity contribution < 1.29 is 19.0 Å². The number of carbonyl (C=O) groups excluding carboxylic acids is 1. The summed E-state index contributed by atoms with van der Waals surface area (Å²) in [5.41, 5.74) is 3.71. The van der Waals surface area contributed by atoms with Crippen LogP contribution in [0.1, 0.15) is 46.5 Å². The number of hydrogen-bond acceptors (Lipinski definition) is 9. The largest absolute Gasteiger partial charge is 0.473 e. The molecule has 12 nitrogen and oxygen atoms in total. The zero-order valence-electron chi connectivity index (χ0n) is 27.4. The smallest absolute Gasteiger partial charge is 0.410 e. The van der Waals surface area contributed by atoms with Crippen molar-refractivity contribution in [2.24, 2.45) is 7.05 Å². The van der Waals surface area contributed by atoms with Gasteiger partial charge < -0.3 is 19.1 Å². The van der Waals surface area contributed by atoms with Gasteiger partial charge in [0, 0.05) is 69.2 Å². The maximum Gasteiger partial charge on any atom is 0.410 e. The Labute approximate surface area is 265 Å². The summed E-state index contributed by atoms with van der Waals surface area (Å²) in [7, 11) is 0.589. The zero-order chi connectivity index (χ0) is 31.9. The predicted octanol–water partition coefficient (Wildman–Crippen LogP) is 5.91. The number of carbonyl (C=O) groups is 1. The lowest BCUT2D eigenvalue weighted by atomic mass is 10.00. The van der Waals surface area contributed by atoms with E-state index in [-0.39, 0.29) is 24.3 Å². The van der Waals surface area contributed by atoms with Crippen molar-refractivity contribution in [1.82, 2.24) is 39.9 Å². The van der Waals surface area contributed by atoms with Gasteiger partial charge in [-0.25, -0.2) is 9.48 Å². The Bertz CT molecular complexity index is 1640. The molecule has 1 amide bonds. The minimum atomic E-state index is -1.22. The van der Waals surface area contributed by atoms with E-state index in [2.05, 4.69) is 40.0 Å². The van der Waals surface area contributed by atoms with Crippen LogP contribution < -0.4 is 4.74 Å². The van der Waals surface area contributed by atoms with Gasteiger partial charge in [0.2, 0.25) is 5.88 Å². The third-order valence-electron chi connectivity index (χ3n) is 8.38. The minimum absolute atomic E-state index is 0.0333. The molecule has 1 aromatic carbocycles. The molecule has 6 rings (SSSR count). The lowest BCUT2D eigenvalue weighted by Crippen LogP contribution is -2.50. The summed E-state index contributed by atoms with van der Waals surface area (Å²) < 4.78 is 20.0. The number of ether oxygens (including phenoxy) is 3. The Morgan fingerprint density at radius 2 is 1.69 bits per heavy atom. The first-order valence-electron chi connectivity index (χ1n) is 15.8. The fourth-order valence-corrected chi connectivity index (χ4v) is 7.02. The number of nitrogens with zero attached hydrogens (tertiary/aromatic N) is 8.